The molecule has 0 radical (unpaired) electrons. The van der Waals surface area contributed by atoms with E-state index in [1.54, 1.807) is 0 Å². The Morgan fingerprint density at radius 3 is 2.89 bits per heavy atom. The van der Waals surface area contributed by atoms with Gasteiger partial charge in [0.1, 0.15) is 5.78 Å². The normalized spacial score (nSPS) is 24.2. The van der Waals surface area contributed by atoms with Gasteiger partial charge in [-0.05, 0) is 30.3 Å². The first-order valence-corrected chi connectivity index (χ1v) is 6.34. The zero-order chi connectivity index (χ0) is 13.0. The van der Waals surface area contributed by atoms with Gasteiger partial charge in [0.05, 0.1) is 0 Å². The van der Waals surface area contributed by atoms with Gasteiger partial charge < -0.3 is 4.42 Å². The van der Waals surface area contributed by atoms with Crippen LogP contribution in [0.2, 0.25) is 0 Å². The van der Waals surface area contributed by atoms with Crippen molar-refractivity contribution >= 4 is 5.78 Å². The van der Waals surface area contributed by atoms with Crippen LogP contribution in [0.4, 0.5) is 0 Å². The summed E-state index contributed by atoms with van der Waals surface area (Å²) >= 11 is 0. The van der Waals surface area contributed by atoms with Crippen LogP contribution in [0.15, 0.2) is 25.9 Å². The minimum absolute atomic E-state index is 0.0230. The lowest BCUT2D eigenvalue weighted by Crippen LogP contribution is -2.16. The summed E-state index contributed by atoms with van der Waals surface area (Å²) in [6, 6.07) is 0. The monoisotopic (exact) mass is 251 g/mol. The van der Waals surface area contributed by atoms with Crippen molar-refractivity contribution < 1.29 is 13.7 Å². The molecule has 2 atom stereocenters. The summed E-state index contributed by atoms with van der Waals surface area (Å²) in [7, 11) is 0. The van der Waals surface area contributed by atoms with E-state index in [9.17, 15) is 9.59 Å². The smallest absolute Gasteiger partial charge is 0.375 e. The Morgan fingerprint density at radius 1 is 1.39 bits per heavy atom. The van der Waals surface area contributed by atoms with Crippen LogP contribution in [0.3, 0.4) is 0 Å². The summed E-state index contributed by atoms with van der Waals surface area (Å²) in [5.41, 5.74) is 0. The third kappa shape index (κ3) is 2.97. The molecule has 5 heteroatoms. The molecule has 0 aliphatic heterocycles. The molecule has 1 fully saturated rings. The molecule has 1 aliphatic rings. The number of ketones is 1. The van der Waals surface area contributed by atoms with E-state index in [0.29, 0.717) is 24.5 Å². The van der Waals surface area contributed by atoms with E-state index in [1.807, 2.05) is 0 Å². The second kappa shape index (κ2) is 5.80. The van der Waals surface area contributed by atoms with Crippen LogP contribution >= 0.6 is 0 Å². The van der Waals surface area contributed by atoms with Crippen molar-refractivity contribution in [2.75, 3.05) is 0 Å². The van der Waals surface area contributed by atoms with Crippen molar-refractivity contribution in [1.29, 1.82) is 0 Å². The Labute approximate surface area is 105 Å². The number of carbonyl (C=O) groups excluding carboxylic acids is 1. The fourth-order valence-corrected chi connectivity index (χ4v) is 2.48. The van der Waals surface area contributed by atoms with Crippen LogP contribution in [-0.4, -0.2) is 10.9 Å². The Balaban J connectivity index is 2.00. The molecule has 2 unspecified atom stereocenters. The van der Waals surface area contributed by atoms with E-state index in [-0.39, 0.29) is 11.8 Å². The van der Waals surface area contributed by atoms with E-state index < -0.39 is 5.82 Å². The minimum atomic E-state index is -0.781. The lowest BCUT2D eigenvalue weighted by Gasteiger charge is -2.14. The molecule has 98 valence electrons. The maximum absolute atomic E-state index is 11.8. The highest BCUT2D eigenvalue weighted by atomic mass is 16.6. The van der Waals surface area contributed by atoms with Crippen molar-refractivity contribution in [3.63, 3.8) is 0 Å². The van der Waals surface area contributed by atoms with Crippen molar-refractivity contribution in [2.45, 2.75) is 39.0 Å². The van der Waals surface area contributed by atoms with E-state index in [0.717, 1.165) is 19.3 Å². The van der Waals surface area contributed by atoms with Gasteiger partial charge in [-0.1, -0.05) is 19.1 Å². The van der Waals surface area contributed by atoms with Crippen molar-refractivity contribution in [3.8, 4) is 0 Å². The first-order chi connectivity index (χ1) is 8.70. The fourth-order valence-electron chi connectivity index (χ4n) is 2.48. The van der Waals surface area contributed by atoms with Crippen LogP contribution in [-0.2, 0) is 11.2 Å². The van der Waals surface area contributed by atoms with Gasteiger partial charge in [-0.3, -0.25) is 9.32 Å². The second-order valence-electron chi connectivity index (χ2n) is 4.62. The third-order valence-corrected chi connectivity index (χ3v) is 3.40. The third-order valence-electron chi connectivity index (χ3n) is 3.40. The van der Waals surface area contributed by atoms with Crippen molar-refractivity contribution in [1.82, 2.24) is 5.16 Å². The van der Waals surface area contributed by atoms with Gasteiger partial charge in [-0.25, -0.2) is 4.79 Å². The summed E-state index contributed by atoms with van der Waals surface area (Å²) in [5, 5.41) is 3.55. The highest BCUT2D eigenvalue weighted by molar-refractivity contribution is 5.83. The molecule has 1 aliphatic carbocycles. The maximum atomic E-state index is 11.8. The molecular weight excluding hydrogens is 234 g/mol. The molecule has 5 nitrogen and oxygen atoms in total. The average Bonchev–Trinajstić information content (AvgIpc) is 2.89. The van der Waals surface area contributed by atoms with Gasteiger partial charge in [-0.15, -0.1) is 0 Å². The van der Waals surface area contributed by atoms with Gasteiger partial charge >= 0.3 is 5.82 Å². The topological polar surface area (TPSA) is 73.3 Å². The molecule has 1 aromatic rings. The molecule has 0 bridgehead atoms. The van der Waals surface area contributed by atoms with Gasteiger partial charge in [-0.2, -0.15) is 0 Å². The Kier molecular flexibility index (Phi) is 4.12. The predicted octanol–water partition coefficient (Wildman–Crippen LogP) is 2.12. The standard InChI is InChI=1S/C13H17NO4/c1-2-3-4-5-10-9(6-7-11(10)15)8-12-14-18-13(16)17-12/h3-4,9-10H,2,5-8H2,1H3. The number of nitrogens with zero attached hydrogens (tertiary/aromatic N) is 1. The molecule has 0 spiro atoms. The lowest BCUT2D eigenvalue weighted by atomic mass is 9.89. The van der Waals surface area contributed by atoms with E-state index in [1.165, 1.54) is 0 Å². The minimum Gasteiger partial charge on any atom is -0.375 e. The van der Waals surface area contributed by atoms with Crippen LogP contribution in [0.25, 0.3) is 0 Å². The van der Waals surface area contributed by atoms with Gasteiger partial charge in [0.15, 0.2) is 0 Å². The van der Waals surface area contributed by atoms with E-state index >= 15 is 0 Å². The molecular formula is C13H17NO4. The molecule has 0 aromatic carbocycles. The summed E-state index contributed by atoms with van der Waals surface area (Å²) in [6.07, 6.45) is 7.81. The average molecular weight is 251 g/mol. The first kappa shape index (κ1) is 12.8. The number of hydrogen-bond donors (Lipinski definition) is 0. The maximum Gasteiger partial charge on any atom is 0.542 e. The number of carbonyl (C=O) groups is 1. The number of rotatable bonds is 5. The van der Waals surface area contributed by atoms with E-state index in [4.69, 9.17) is 4.42 Å². The summed E-state index contributed by atoms with van der Waals surface area (Å²) in [4.78, 5) is 22.6. The summed E-state index contributed by atoms with van der Waals surface area (Å²) in [6.45, 7) is 2.06. The molecule has 0 amide bonds. The fraction of sp³-hybridized carbons (Fsp3) is 0.615. The van der Waals surface area contributed by atoms with Crippen molar-refractivity contribution in [2.24, 2.45) is 11.8 Å². The second-order valence-corrected chi connectivity index (χ2v) is 4.62. The van der Waals surface area contributed by atoms with Crippen LogP contribution in [0.1, 0.15) is 38.5 Å². The van der Waals surface area contributed by atoms with E-state index in [2.05, 4.69) is 28.8 Å². The number of Topliss-reactive ketones (excluding diaryl/α,β-unsaturated/α-hetero) is 1. The Bertz CT molecular complexity index is 485. The van der Waals surface area contributed by atoms with Crippen molar-refractivity contribution in [3.05, 3.63) is 28.7 Å². The number of allylic oxidation sites excluding steroid dienone is 2. The number of aromatic nitrogens is 1. The largest absolute Gasteiger partial charge is 0.542 e. The SMILES string of the molecule is CCC=CCC1C(=O)CCC1Cc1noc(=O)o1. The quantitative estimate of drug-likeness (QED) is 0.749. The highest BCUT2D eigenvalue weighted by Crippen LogP contribution is 2.33. The Morgan fingerprint density at radius 2 is 2.22 bits per heavy atom. The molecule has 2 rings (SSSR count). The Hall–Kier alpha value is -1.65. The molecule has 1 aromatic heterocycles. The van der Waals surface area contributed by atoms with Crippen LogP contribution in [0, 0.1) is 11.8 Å². The van der Waals surface area contributed by atoms with Gasteiger partial charge in [0, 0.05) is 18.8 Å². The summed E-state index contributed by atoms with van der Waals surface area (Å²) < 4.78 is 9.16. The zero-order valence-electron chi connectivity index (χ0n) is 10.4. The molecule has 18 heavy (non-hydrogen) atoms. The van der Waals surface area contributed by atoms with Gasteiger partial charge in [0.2, 0.25) is 5.89 Å². The predicted molar refractivity (Wildman–Crippen MR) is 64.0 cm³/mol. The molecule has 0 N–H and O–H groups in total. The lowest BCUT2D eigenvalue weighted by molar-refractivity contribution is -0.121. The molecule has 0 saturated heterocycles. The molecule has 1 saturated carbocycles. The highest BCUT2D eigenvalue weighted by Gasteiger charge is 2.34. The van der Waals surface area contributed by atoms with Crippen LogP contribution < -0.4 is 5.82 Å². The van der Waals surface area contributed by atoms with Gasteiger partial charge in [0.25, 0.3) is 0 Å². The van der Waals surface area contributed by atoms with Crippen LogP contribution in [0.5, 0.6) is 0 Å². The number of hydrogen-bond acceptors (Lipinski definition) is 5. The first-order valence-electron chi connectivity index (χ1n) is 6.34. The zero-order valence-corrected chi connectivity index (χ0v) is 10.4. The summed E-state index contributed by atoms with van der Waals surface area (Å²) in [5.74, 6) is 0.0366. The molecule has 1 heterocycles.